The summed E-state index contributed by atoms with van der Waals surface area (Å²) in [6.07, 6.45) is 0.556. The highest BCUT2D eigenvalue weighted by Crippen LogP contribution is 2.11. The van der Waals surface area contributed by atoms with Crippen LogP contribution >= 0.6 is 12.8 Å². The molecule has 1 aromatic carbocycles. The first-order chi connectivity index (χ1) is 8.71. The molecule has 5 nitrogen and oxygen atoms in total. The van der Waals surface area contributed by atoms with Gasteiger partial charge < -0.3 is 14.8 Å². The van der Waals surface area contributed by atoms with Gasteiger partial charge in [0.25, 0.3) is 0 Å². The van der Waals surface area contributed by atoms with Gasteiger partial charge in [-0.25, -0.2) is 0 Å². The highest BCUT2D eigenvalue weighted by atomic mass is 32.1. The van der Waals surface area contributed by atoms with Gasteiger partial charge in [-0.05, 0) is 24.1 Å². The zero-order valence-corrected chi connectivity index (χ0v) is 11.4. The van der Waals surface area contributed by atoms with Crippen molar-refractivity contribution in [2.75, 3.05) is 19.5 Å². The molecule has 0 spiro atoms. The fourth-order valence-corrected chi connectivity index (χ4v) is 1.56. The summed E-state index contributed by atoms with van der Waals surface area (Å²) in [6.45, 7) is 2.00. The molecule has 2 N–H and O–H groups in total. The predicted octanol–water partition coefficient (Wildman–Crippen LogP) is 1.06. The van der Waals surface area contributed by atoms with Crippen molar-refractivity contribution < 1.29 is 14.3 Å². The molecule has 0 aliphatic heterocycles. The highest BCUT2D eigenvalue weighted by Gasteiger charge is 2.17. The molecule has 0 amide bonds. The third-order valence-electron chi connectivity index (χ3n) is 2.32. The number of benzene rings is 1. The average molecular weight is 270 g/mol. The van der Waals surface area contributed by atoms with Crippen LogP contribution in [0.4, 0.5) is 5.69 Å². The van der Waals surface area contributed by atoms with Crippen molar-refractivity contribution in [1.82, 2.24) is 4.72 Å². The van der Waals surface area contributed by atoms with E-state index in [2.05, 4.69) is 27.6 Å². The molecule has 1 rings (SSSR count). The fraction of sp³-hybridized carbons (Fsp3) is 0.333. The Kier molecular flexibility index (Phi) is 8.69. The van der Waals surface area contributed by atoms with E-state index in [9.17, 15) is 4.79 Å². The van der Waals surface area contributed by atoms with Crippen LogP contribution in [0.2, 0.25) is 0 Å². The lowest BCUT2D eigenvalue weighted by atomic mass is 10.1. The number of nitrogens with one attached hydrogen (secondary N) is 2. The van der Waals surface area contributed by atoms with Crippen LogP contribution in [0.15, 0.2) is 24.3 Å². The van der Waals surface area contributed by atoms with E-state index >= 15 is 0 Å². The van der Waals surface area contributed by atoms with Gasteiger partial charge in [0.2, 0.25) is 0 Å². The number of hydrogen-bond acceptors (Lipinski definition) is 6. The number of thiol groups is 1. The molecule has 6 heteroatoms. The Balaban J connectivity index is 0.00000137. The predicted molar refractivity (Wildman–Crippen MR) is 74.7 cm³/mol. The van der Waals surface area contributed by atoms with E-state index in [1.807, 2.05) is 38.1 Å². The number of rotatable bonds is 5. The van der Waals surface area contributed by atoms with Gasteiger partial charge in [0.15, 0.2) is 0 Å². The lowest BCUT2D eigenvalue weighted by Crippen LogP contribution is -2.34. The van der Waals surface area contributed by atoms with E-state index < -0.39 is 6.04 Å². The first kappa shape index (κ1) is 16.5. The average Bonchev–Trinajstić information content (AvgIpc) is 2.46. The van der Waals surface area contributed by atoms with E-state index in [-0.39, 0.29) is 5.97 Å². The number of ether oxygens (including phenoxy) is 1. The second-order valence-corrected chi connectivity index (χ2v) is 3.61. The Labute approximate surface area is 112 Å². The summed E-state index contributed by atoms with van der Waals surface area (Å²) in [4.78, 5) is 19.3. The Morgan fingerprint density at radius 2 is 1.94 bits per heavy atom. The van der Waals surface area contributed by atoms with Crippen molar-refractivity contribution in [1.29, 1.82) is 0 Å². The third-order valence-corrected chi connectivity index (χ3v) is 2.64. The molecule has 100 valence electrons. The maximum absolute atomic E-state index is 11.3. The molecule has 0 heterocycles. The van der Waals surface area contributed by atoms with Crippen LogP contribution in [0.5, 0.6) is 0 Å². The summed E-state index contributed by atoms with van der Waals surface area (Å²) in [6, 6.07) is 7.43. The summed E-state index contributed by atoms with van der Waals surface area (Å²) >= 11 is 3.91. The van der Waals surface area contributed by atoms with Crippen LogP contribution in [0.3, 0.4) is 0 Å². The molecule has 0 fully saturated rings. The fourth-order valence-electron chi connectivity index (χ4n) is 1.37. The van der Waals surface area contributed by atoms with Gasteiger partial charge in [0, 0.05) is 12.7 Å². The van der Waals surface area contributed by atoms with Gasteiger partial charge in [-0.2, -0.15) is 0 Å². The first-order valence-corrected chi connectivity index (χ1v) is 5.69. The van der Waals surface area contributed by atoms with Gasteiger partial charge in [-0.1, -0.05) is 24.9 Å². The summed E-state index contributed by atoms with van der Waals surface area (Å²) < 4.78 is 7.29. The highest BCUT2D eigenvalue weighted by molar-refractivity contribution is 7.78. The van der Waals surface area contributed by atoms with E-state index in [1.54, 1.807) is 0 Å². The molecular formula is C12H18N2O3S. The normalized spacial score (nSPS) is 10.8. The van der Waals surface area contributed by atoms with Crippen molar-refractivity contribution in [3.8, 4) is 0 Å². The van der Waals surface area contributed by atoms with E-state index in [1.165, 1.54) is 7.11 Å². The number of esters is 1. The summed E-state index contributed by atoms with van der Waals surface area (Å²) in [5.41, 5.74) is 2.09. The summed E-state index contributed by atoms with van der Waals surface area (Å²) in [7, 11) is 3.23. The molecule has 1 aromatic rings. The minimum absolute atomic E-state index is 0.312. The maximum atomic E-state index is 11.3. The van der Waals surface area contributed by atoms with Crippen molar-refractivity contribution in [2.45, 2.75) is 12.5 Å². The monoisotopic (exact) mass is 270 g/mol. The Morgan fingerprint density at radius 3 is 2.33 bits per heavy atom. The number of methoxy groups -OCH3 is 1. The number of carbonyl (C=O) groups is 2. The second-order valence-electron chi connectivity index (χ2n) is 3.36. The maximum Gasteiger partial charge on any atom is 0.324 e. The Morgan fingerprint density at radius 1 is 1.39 bits per heavy atom. The molecule has 0 bridgehead atoms. The van der Waals surface area contributed by atoms with Crippen LogP contribution in [0.25, 0.3) is 0 Å². The molecule has 1 atom stereocenters. The molecule has 0 aliphatic rings. The van der Waals surface area contributed by atoms with Crippen molar-refractivity contribution in [2.24, 2.45) is 0 Å². The van der Waals surface area contributed by atoms with Crippen LogP contribution in [0, 0.1) is 0 Å². The molecular weight excluding hydrogens is 252 g/mol. The molecule has 0 saturated carbocycles. The van der Waals surface area contributed by atoms with Crippen molar-refractivity contribution in [3.63, 3.8) is 0 Å². The minimum atomic E-state index is -0.422. The van der Waals surface area contributed by atoms with Gasteiger partial charge in [-0.15, -0.1) is 0 Å². The standard InChI is InChI=1S/C11H16N2O2S.CH2O/c1-12-9-5-3-8(4-6-9)7-10(13-16)11(14)15-2;1-2/h3-6,10,12-13,16H,7H2,1-2H3;1H2. The van der Waals surface area contributed by atoms with E-state index in [0.29, 0.717) is 6.42 Å². The molecule has 0 radical (unpaired) electrons. The Hall–Kier alpha value is -1.53. The number of hydrogen-bond donors (Lipinski definition) is 3. The van der Waals surface area contributed by atoms with Gasteiger partial charge in [-0.3, -0.25) is 9.52 Å². The smallest absolute Gasteiger partial charge is 0.324 e. The molecule has 18 heavy (non-hydrogen) atoms. The van der Waals surface area contributed by atoms with E-state index in [0.717, 1.165) is 11.3 Å². The second kappa shape index (κ2) is 9.49. The zero-order chi connectivity index (χ0) is 14.0. The first-order valence-electron chi connectivity index (χ1n) is 5.24. The number of anilines is 1. The van der Waals surface area contributed by atoms with Gasteiger partial charge >= 0.3 is 5.97 Å². The molecule has 0 aromatic heterocycles. The number of carbonyl (C=O) groups excluding carboxylic acids is 2. The molecule has 0 aliphatic carbocycles. The Bertz CT molecular complexity index is 357. The largest absolute Gasteiger partial charge is 0.468 e. The summed E-state index contributed by atoms with van der Waals surface area (Å²) in [5, 5.41) is 3.03. The van der Waals surface area contributed by atoms with Crippen LogP contribution in [0.1, 0.15) is 5.56 Å². The lowest BCUT2D eigenvalue weighted by molar-refractivity contribution is -0.142. The van der Waals surface area contributed by atoms with Crippen LogP contribution in [-0.4, -0.2) is 33.0 Å². The van der Waals surface area contributed by atoms with Gasteiger partial charge in [0.1, 0.15) is 12.8 Å². The summed E-state index contributed by atoms with van der Waals surface area (Å²) in [5.74, 6) is -0.312. The van der Waals surface area contributed by atoms with Crippen LogP contribution < -0.4 is 10.0 Å². The zero-order valence-electron chi connectivity index (χ0n) is 10.5. The van der Waals surface area contributed by atoms with Crippen molar-refractivity contribution in [3.05, 3.63) is 29.8 Å². The SMILES string of the molecule is C=O.CNc1ccc(CC(NS)C(=O)OC)cc1. The quantitative estimate of drug-likeness (QED) is 0.551. The van der Waals surface area contributed by atoms with Gasteiger partial charge in [0.05, 0.1) is 7.11 Å². The third kappa shape index (κ3) is 5.20. The molecule has 0 saturated heterocycles. The van der Waals surface area contributed by atoms with Crippen LogP contribution in [-0.2, 0) is 20.7 Å². The van der Waals surface area contributed by atoms with Crippen molar-refractivity contribution >= 4 is 31.3 Å². The van der Waals surface area contributed by atoms with E-state index in [4.69, 9.17) is 4.79 Å². The lowest BCUT2D eigenvalue weighted by Gasteiger charge is -2.13. The minimum Gasteiger partial charge on any atom is -0.468 e. The molecule has 1 unspecified atom stereocenters. The topological polar surface area (TPSA) is 67.4 Å².